The summed E-state index contributed by atoms with van der Waals surface area (Å²) in [4.78, 5) is 9.02. The van der Waals surface area contributed by atoms with Crippen molar-refractivity contribution in [3.05, 3.63) is 47.9 Å². The number of nitrogens with zero attached hydrogens (tertiary/aromatic N) is 2. The van der Waals surface area contributed by atoms with E-state index in [4.69, 9.17) is 0 Å². The lowest BCUT2D eigenvalue weighted by atomic mass is 10.1. The summed E-state index contributed by atoms with van der Waals surface area (Å²) in [5.41, 5.74) is 4.45. The van der Waals surface area contributed by atoms with Gasteiger partial charge in [0.1, 0.15) is 0 Å². The van der Waals surface area contributed by atoms with Crippen LogP contribution in [0.5, 0.6) is 0 Å². The summed E-state index contributed by atoms with van der Waals surface area (Å²) in [6, 6.07) is 10.2. The van der Waals surface area contributed by atoms with Crippen LogP contribution < -0.4 is 0 Å². The van der Waals surface area contributed by atoms with Crippen LogP contribution in [0.2, 0.25) is 0 Å². The maximum absolute atomic E-state index is 4.65. The van der Waals surface area contributed by atoms with E-state index in [0.717, 1.165) is 35.5 Å². The van der Waals surface area contributed by atoms with E-state index < -0.39 is 0 Å². The van der Waals surface area contributed by atoms with Crippen LogP contribution in [0.1, 0.15) is 25.2 Å². The Kier molecular flexibility index (Phi) is 3.30. The highest BCUT2D eigenvalue weighted by atomic mass is 14.7. The van der Waals surface area contributed by atoms with Gasteiger partial charge in [0.25, 0.3) is 0 Å². The van der Waals surface area contributed by atoms with E-state index in [1.807, 2.05) is 24.4 Å². The van der Waals surface area contributed by atoms with Gasteiger partial charge < -0.3 is 0 Å². The second-order valence-electron chi connectivity index (χ2n) is 3.72. The number of hydrogen-bond donors (Lipinski definition) is 0. The molecule has 2 nitrogen and oxygen atoms in total. The Hall–Kier alpha value is -1.70. The third-order valence-electron chi connectivity index (χ3n) is 2.67. The molecule has 0 atom stereocenters. The van der Waals surface area contributed by atoms with Crippen LogP contribution in [-0.4, -0.2) is 9.97 Å². The number of aryl methyl sites for hydroxylation is 2. The van der Waals surface area contributed by atoms with Crippen LogP contribution >= 0.6 is 0 Å². The van der Waals surface area contributed by atoms with Crippen LogP contribution in [0.4, 0.5) is 0 Å². The Bertz CT molecular complexity index is 463. The second-order valence-corrected chi connectivity index (χ2v) is 3.72. The first-order valence-electron chi connectivity index (χ1n) is 5.75. The number of aromatic nitrogens is 2. The lowest BCUT2D eigenvalue weighted by molar-refractivity contribution is 0.955. The van der Waals surface area contributed by atoms with Gasteiger partial charge in [0.15, 0.2) is 0 Å². The van der Waals surface area contributed by atoms with E-state index in [1.54, 1.807) is 0 Å². The van der Waals surface area contributed by atoms with Crippen molar-refractivity contribution in [3.8, 4) is 11.3 Å². The van der Waals surface area contributed by atoms with Crippen molar-refractivity contribution in [1.82, 2.24) is 9.97 Å². The SMILES string of the molecule is CCc1ccc(-c2ccccn2)c(CC)n1. The second kappa shape index (κ2) is 4.88. The van der Waals surface area contributed by atoms with Crippen LogP contribution in [0, 0.1) is 0 Å². The zero-order valence-corrected chi connectivity index (χ0v) is 9.77. The molecule has 2 aromatic heterocycles. The molecule has 2 aromatic rings. The van der Waals surface area contributed by atoms with Crippen molar-refractivity contribution in [3.63, 3.8) is 0 Å². The Morgan fingerprint density at radius 2 is 1.88 bits per heavy atom. The van der Waals surface area contributed by atoms with Gasteiger partial charge in [0, 0.05) is 23.1 Å². The summed E-state index contributed by atoms with van der Waals surface area (Å²) >= 11 is 0. The smallest absolute Gasteiger partial charge is 0.0720 e. The van der Waals surface area contributed by atoms with Gasteiger partial charge in [0.05, 0.1) is 5.69 Å². The van der Waals surface area contributed by atoms with E-state index in [1.165, 1.54) is 0 Å². The van der Waals surface area contributed by atoms with Crippen LogP contribution in [-0.2, 0) is 12.8 Å². The third-order valence-corrected chi connectivity index (χ3v) is 2.67. The molecule has 0 radical (unpaired) electrons. The molecular formula is C14H16N2. The Morgan fingerprint density at radius 3 is 2.50 bits per heavy atom. The Morgan fingerprint density at radius 1 is 1.00 bits per heavy atom. The van der Waals surface area contributed by atoms with Gasteiger partial charge in [-0.25, -0.2) is 0 Å². The fourth-order valence-corrected chi connectivity index (χ4v) is 1.77. The average molecular weight is 212 g/mol. The molecule has 0 spiro atoms. The highest BCUT2D eigenvalue weighted by Gasteiger charge is 2.06. The maximum atomic E-state index is 4.65. The fraction of sp³-hybridized carbons (Fsp3) is 0.286. The monoisotopic (exact) mass is 212 g/mol. The molecule has 0 bridgehead atoms. The first-order chi connectivity index (χ1) is 7.85. The van der Waals surface area contributed by atoms with Crippen LogP contribution in [0.15, 0.2) is 36.5 Å². The first-order valence-corrected chi connectivity index (χ1v) is 5.75. The molecule has 82 valence electrons. The predicted octanol–water partition coefficient (Wildman–Crippen LogP) is 3.27. The van der Waals surface area contributed by atoms with Gasteiger partial charge in [-0.3, -0.25) is 9.97 Å². The van der Waals surface area contributed by atoms with Crippen molar-refractivity contribution < 1.29 is 0 Å². The van der Waals surface area contributed by atoms with Crippen LogP contribution in [0.25, 0.3) is 11.3 Å². The molecule has 2 heterocycles. The highest BCUT2D eigenvalue weighted by Crippen LogP contribution is 2.21. The summed E-state index contributed by atoms with van der Waals surface area (Å²) in [6.45, 7) is 4.26. The molecule has 0 aliphatic heterocycles. The Labute approximate surface area is 96.4 Å². The summed E-state index contributed by atoms with van der Waals surface area (Å²) in [5, 5.41) is 0. The van der Waals surface area contributed by atoms with Crippen molar-refractivity contribution in [2.24, 2.45) is 0 Å². The predicted molar refractivity (Wildman–Crippen MR) is 66.2 cm³/mol. The average Bonchev–Trinajstić information content (AvgIpc) is 2.39. The van der Waals surface area contributed by atoms with Gasteiger partial charge in [-0.2, -0.15) is 0 Å². The van der Waals surface area contributed by atoms with Crippen molar-refractivity contribution >= 4 is 0 Å². The topological polar surface area (TPSA) is 25.8 Å². The molecular weight excluding hydrogens is 196 g/mol. The Balaban J connectivity index is 2.49. The first kappa shape index (κ1) is 10.8. The zero-order chi connectivity index (χ0) is 11.4. The summed E-state index contributed by atoms with van der Waals surface area (Å²) in [6.07, 6.45) is 3.75. The molecule has 0 fully saturated rings. The number of rotatable bonds is 3. The van der Waals surface area contributed by atoms with Gasteiger partial charge in [-0.05, 0) is 37.1 Å². The normalized spacial score (nSPS) is 10.4. The molecule has 0 aliphatic rings. The van der Waals surface area contributed by atoms with E-state index in [2.05, 4.69) is 35.9 Å². The molecule has 0 N–H and O–H groups in total. The van der Waals surface area contributed by atoms with E-state index >= 15 is 0 Å². The fourth-order valence-electron chi connectivity index (χ4n) is 1.77. The third kappa shape index (κ3) is 2.11. The summed E-state index contributed by atoms with van der Waals surface area (Å²) < 4.78 is 0. The molecule has 0 saturated heterocycles. The molecule has 2 heteroatoms. The van der Waals surface area contributed by atoms with Crippen molar-refractivity contribution in [1.29, 1.82) is 0 Å². The van der Waals surface area contributed by atoms with Crippen LogP contribution in [0.3, 0.4) is 0 Å². The molecule has 2 rings (SSSR count). The largest absolute Gasteiger partial charge is 0.257 e. The minimum atomic E-state index is 0.944. The molecule has 0 aliphatic carbocycles. The van der Waals surface area contributed by atoms with Gasteiger partial charge >= 0.3 is 0 Å². The van der Waals surface area contributed by atoms with E-state index in [-0.39, 0.29) is 0 Å². The molecule has 16 heavy (non-hydrogen) atoms. The van der Waals surface area contributed by atoms with Crippen molar-refractivity contribution in [2.45, 2.75) is 26.7 Å². The lowest BCUT2D eigenvalue weighted by Crippen LogP contribution is -1.97. The maximum Gasteiger partial charge on any atom is 0.0720 e. The van der Waals surface area contributed by atoms with Gasteiger partial charge in [-0.1, -0.05) is 19.9 Å². The summed E-state index contributed by atoms with van der Waals surface area (Å²) in [5.74, 6) is 0. The van der Waals surface area contributed by atoms with Crippen molar-refractivity contribution in [2.75, 3.05) is 0 Å². The highest BCUT2D eigenvalue weighted by molar-refractivity contribution is 5.61. The van der Waals surface area contributed by atoms with Gasteiger partial charge in [-0.15, -0.1) is 0 Å². The molecule has 0 aromatic carbocycles. The van der Waals surface area contributed by atoms with Gasteiger partial charge in [0.2, 0.25) is 0 Å². The van der Waals surface area contributed by atoms with E-state index in [9.17, 15) is 0 Å². The number of hydrogen-bond acceptors (Lipinski definition) is 2. The number of pyridine rings is 2. The minimum absolute atomic E-state index is 0.944. The standard InChI is InChI=1S/C14H16N2/c1-3-11-8-9-12(13(4-2)16-11)14-7-5-6-10-15-14/h5-10H,3-4H2,1-2H3. The quantitative estimate of drug-likeness (QED) is 0.780. The summed E-state index contributed by atoms with van der Waals surface area (Å²) in [7, 11) is 0. The lowest BCUT2D eigenvalue weighted by Gasteiger charge is -2.08. The van der Waals surface area contributed by atoms with E-state index in [0.29, 0.717) is 0 Å². The minimum Gasteiger partial charge on any atom is -0.257 e. The molecule has 0 saturated carbocycles. The molecule has 0 amide bonds. The zero-order valence-electron chi connectivity index (χ0n) is 9.77. The molecule has 0 unspecified atom stereocenters.